The second-order valence-electron chi connectivity index (χ2n) is 8.88. The first-order valence-corrected chi connectivity index (χ1v) is 12.0. The predicted molar refractivity (Wildman–Crippen MR) is 138 cm³/mol. The molecule has 9 nitrogen and oxygen atoms in total. The van der Waals surface area contributed by atoms with Gasteiger partial charge in [0.05, 0.1) is 0 Å². The highest BCUT2D eigenvalue weighted by atomic mass is 16.5. The van der Waals surface area contributed by atoms with E-state index in [0.717, 1.165) is 30.7 Å². The Kier molecular flexibility index (Phi) is 8.10. The van der Waals surface area contributed by atoms with Crippen molar-refractivity contribution < 1.29 is 9.53 Å². The number of aromatic nitrogens is 4. The number of amides is 1. The summed E-state index contributed by atoms with van der Waals surface area (Å²) in [6.45, 7) is 4.67. The molecule has 2 N–H and O–H groups in total. The maximum absolute atomic E-state index is 12.4. The Labute approximate surface area is 205 Å². The van der Waals surface area contributed by atoms with Crippen LogP contribution in [0.5, 0.6) is 5.75 Å². The smallest absolute Gasteiger partial charge is 0.246 e. The third kappa shape index (κ3) is 6.66. The summed E-state index contributed by atoms with van der Waals surface area (Å²) in [6.07, 6.45) is 8.78. The molecule has 1 atom stereocenters. The van der Waals surface area contributed by atoms with Crippen molar-refractivity contribution in [2.45, 2.75) is 25.8 Å². The summed E-state index contributed by atoms with van der Waals surface area (Å²) < 4.78 is 5.89. The third-order valence-corrected chi connectivity index (χ3v) is 5.84. The van der Waals surface area contributed by atoms with E-state index in [1.807, 2.05) is 66.4 Å². The number of rotatable bonds is 10. The molecule has 1 unspecified atom stereocenters. The number of aromatic amines is 1. The van der Waals surface area contributed by atoms with Crippen LogP contribution in [-0.4, -0.2) is 82.0 Å². The molecule has 184 valence electrons. The maximum Gasteiger partial charge on any atom is 0.246 e. The first-order valence-electron chi connectivity index (χ1n) is 12.0. The van der Waals surface area contributed by atoms with Gasteiger partial charge in [-0.2, -0.15) is 0 Å². The quantitative estimate of drug-likeness (QED) is 0.434. The molecule has 1 fully saturated rings. The average Bonchev–Trinajstić information content (AvgIpc) is 3.49. The number of fused-ring (bicyclic) bond motifs is 1. The van der Waals surface area contributed by atoms with Gasteiger partial charge in [0.1, 0.15) is 24.5 Å². The SMILES string of the molecule is CC/C(=C\c1nc2c(NC3CCN(C(=O)/C=C/CN(C)C)C3)ncnc2[nH]1)COc1ccccc1. The summed E-state index contributed by atoms with van der Waals surface area (Å²) >= 11 is 0. The van der Waals surface area contributed by atoms with E-state index in [9.17, 15) is 4.79 Å². The van der Waals surface area contributed by atoms with Crippen molar-refractivity contribution in [3.8, 4) is 5.75 Å². The first-order chi connectivity index (χ1) is 17.0. The van der Waals surface area contributed by atoms with Gasteiger partial charge in [-0.15, -0.1) is 0 Å². The zero-order valence-corrected chi connectivity index (χ0v) is 20.6. The van der Waals surface area contributed by atoms with Crippen molar-refractivity contribution in [2.75, 3.05) is 45.7 Å². The fourth-order valence-corrected chi connectivity index (χ4v) is 3.89. The molecule has 0 radical (unpaired) electrons. The van der Waals surface area contributed by atoms with E-state index in [-0.39, 0.29) is 11.9 Å². The molecule has 0 spiro atoms. The molecular formula is C26H33N7O2. The van der Waals surface area contributed by atoms with Crippen LogP contribution in [0.4, 0.5) is 5.82 Å². The van der Waals surface area contributed by atoms with Gasteiger partial charge in [0, 0.05) is 31.8 Å². The lowest BCUT2D eigenvalue weighted by Gasteiger charge is -2.16. The van der Waals surface area contributed by atoms with Gasteiger partial charge in [0.2, 0.25) is 5.91 Å². The molecule has 0 bridgehead atoms. The number of carbonyl (C=O) groups is 1. The third-order valence-electron chi connectivity index (χ3n) is 5.84. The second-order valence-corrected chi connectivity index (χ2v) is 8.88. The van der Waals surface area contributed by atoms with Crippen molar-refractivity contribution in [3.63, 3.8) is 0 Å². The predicted octanol–water partition coefficient (Wildman–Crippen LogP) is 3.36. The molecule has 1 aliphatic heterocycles. The molecule has 1 saturated heterocycles. The molecule has 9 heteroatoms. The van der Waals surface area contributed by atoms with Crippen molar-refractivity contribution >= 4 is 29.0 Å². The number of nitrogens with one attached hydrogen (secondary N) is 2. The van der Waals surface area contributed by atoms with Crippen LogP contribution in [0.2, 0.25) is 0 Å². The highest BCUT2D eigenvalue weighted by Crippen LogP contribution is 2.22. The standard InChI is InChI=1S/C26H33N7O2/c1-4-19(17-35-21-9-6-5-7-10-21)15-22-30-24-25(27-18-28-26(24)31-22)29-20-12-14-33(16-20)23(34)11-8-13-32(2)3/h5-11,15,18,20H,4,12-14,16-17H2,1-3H3,(H2,27,28,29,30,31)/b11-8+,19-15+. The van der Waals surface area contributed by atoms with Crippen LogP contribution < -0.4 is 10.1 Å². The topological polar surface area (TPSA) is 99.3 Å². The molecule has 3 aromatic rings. The van der Waals surface area contributed by atoms with Crippen LogP contribution in [0, 0.1) is 0 Å². The number of benzene rings is 1. The molecular weight excluding hydrogens is 442 g/mol. The van der Waals surface area contributed by atoms with E-state index in [0.29, 0.717) is 42.5 Å². The van der Waals surface area contributed by atoms with Gasteiger partial charge in [-0.1, -0.05) is 31.2 Å². The van der Waals surface area contributed by atoms with Gasteiger partial charge in [-0.25, -0.2) is 15.0 Å². The van der Waals surface area contributed by atoms with E-state index in [1.165, 1.54) is 6.33 Å². The minimum absolute atomic E-state index is 0.0426. The Morgan fingerprint density at radius 3 is 2.89 bits per heavy atom. The van der Waals surface area contributed by atoms with Crippen LogP contribution in [0.25, 0.3) is 17.2 Å². The monoisotopic (exact) mass is 475 g/mol. The van der Waals surface area contributed by atoms with Gasteiger partial charge in [0.25, 0.3) is 0 Å². The van der Waals surface area contributed by atoms with Crippen molar-refractivity contribution in [2.24, 2.45) is 0 Å². The molecule has 35 heavy (non-hydrogen) atoms. The number of likely N-dealkylation sites (tertiary alicyclic amines) is 1. The van der Waals surface area contributed by atoms with Gasteiger partial charge in [0.15, 0.2) is 17.0 Å². The number of anilines is 1. The molecule has 1 aliphatic rings. The maximum atomic E-state index is 12.4. The molecule has 3 heterocycles. The summed E-state index contributed by atoms with van der Waals surface area (Å²) in [5.41, 5.74) is 2.47. The fourth-order valence-electron chi connectivity index (χ4n) is 3.89. The zero-order valence-electron chi connectivity index (χ0n) is 20.6. The van der Waals surface area contributed by atoms with Gasteiger partial charge < -0.3 is 24.8 Å². The Bertz CT molecular complexity index is 1190. The Hall–Kier alpha value is -3.72. The number of nitrogens with zero attached hydrogens (tertiary/aromatic N) is 5. The van der Waals surface area contributed by atoms with Crippen LogP contribution in [0.3, 0.4) is 0 Å². The number of carbonyl (C=O) groups excluding carboxylic acids is 1. The molecule has 4 rings (SSSR count). The second kappa shape index (κ2) is 11.6. The van der Waals surface area contributed by atoms with Crippen molar-refractivity contribution in [1.82, 2.24) is 29.7 Å². The zero-order chi connectivity index (χ0) is 24.6. The number of hydrogen-bond acceptors (Lipinski definition) is 7. The van der Waals surface area contributed by atoms with E-state index in [4.69, 9.17) is 9.72 Å². The summed E-state index contributed by atoms with van der Waals surface area (Å²) in [5.74, 6) is 2.27. The number of imidazole rings is 1. The van der Waals surface area contributed by atoms with Crippen LogP contribution in [-0.2, 0) is 4.79 Å². The Balaban J connectivity index is 1.41. The summed E-state index contributed by atoms with van der Waals surface area (Å²) in [5, 5.41) is 3.47. The van der Waals surface area contributed by atoms with Crippen molar-refractivity contribution in [1.29, 1.82) is 0 Å². The van der Waals surface area contributed by atoms with Crippen LogP contribution >= 0.6 is 0 Å². The van der Waals surface area contributed by atoms with Gasteiger partial charge >= 0.3 is 0 Å². The molecule has 1 amide bonds. The lowest BCUT2D eigenvalue weighted by Crippen LogP contribution is -2.30. The first kappa shape index (κ1) is 24.4. The number of likely N-dealkylation sites (N-methyl/N-ethyl adjacent to an activating group) is 1. The Morgan fingerprint density at radius 2 is 2.11 bits per heavy atom. The fraction of sp³-hybridized carbons (Fsp3) is 0.385. The molecule has 2 aromatic heterocycles. The lowest BCUT2D eigenvalue weighted by molar-refractivity contribution is -0.125. The summed E-state index contributed by atoms with van der Waals surface area (Å²) in [7, 11) is 3.95. The largest absolute Gasteiger partial charge is 0.489 e. The number of para-hydroxylation sites is 1. The Morgan fingerprint density at radius 1 is 1.29 bits per heavy atom. The number of hydrogen-bond donors (Lipinski definition) is 2. The van der Waals surface area contributed by atoms with Crippen LogP contribution in [0.15, 0.2) is 54.4 Å². The lowest BCUT2D eigenvalue weighted by atomic mass is 10.2. The van der Waals surface area contributed by atoms with E-state index in [1.54, 1.807) is 6.08 Å². The van der Waals surface area contributed by atoms with Crippen molar-refractivity contribution in [3.05, 3.63) is 60.2 Å². The highest BCUT2D eigenvalue weighted by molar-refractivity contribution is 5.88. The number of H-pyrrole nitrogens is 1. The van der Waals surface area contributed by atoms with Gasteiger partial charge in [-0.3, -0.25) is 4.79 Å². The molecule has 0 aliphatic carbocycles. The average molecular weight is 476 g/mol. The van der Waals surface area contributed by atoms with E-state index < -0.39 is 0 Å². The summed E-state index contributed by atoms with van der Waals surface area (Å²) in [6, 6.07) is 9.88. The molecule has 0 saturated carbocycles. The number of ether oxygens (including phenoxy) is 1. The minimum atomic E-state index is 0.0426. The van der Waals surface area contributed by atoms with Crippen LogP contribution in [0.1, 0.15) is 25.6 Å². The minimum Gasteiger partial charge on any atom is -0.489 e. The molecule has 1 aromatic carbocycles. The normalized spacial score (nSPS) is 16.5. The van der Waals surface area contributed by atoms with Gasteiger partial charge in [-0.05, 0) is 50.7 Å². The van der Waals surface area contributed by atoms with E-state index in [2.05, 4.69) is 27.2 Å². The summed E-state index contributed by atoms with van der Waals surface area (Å²) in [4.78, 5) is 33.1. The highest BCUT2D eigenvalue weighted by Gasteiger charge is 2.26. The van der Waals surface area contributed by atoms with E-state index >= 15 is 0 Å².